The first-order valence-electron chi connectivity index (χ1n) is 7.86. The fourth-order valence-electron chi connectivity index (χ4n) is 3.37. The highest BCUT2D eigenvalue weighted by atomic mass is 15.3. The smallest absolute Gasteiger partial charge is 0.0244 e. The summed E-state index contributed by atoms with van der Waals surface area (Å²) in [4.78, 5) is 5.38. The molecule has 2 fully saturated rings. The highest BCUT2D eigenvalue weighted by Gasteiger charge is 2.28. The molecule has 0 radical (unpaired) electrons. The van der Waals surface area contributed by atoms with Gasteiger partial charge >= 0.3 is 0 Å². The van der Waals surface area contributed by atoms with Crippen molar-refractivity contribution in [2.75, 3.05) is 39.3 Å². The molecule has 0 bridgehead atoms. The highest BCUT2D eigenvalue weighted by molar-refractivity contribution is 4.86. The maximum atomic E-state index is 3.63. The first-order valence-corrected chi connectivity index (χ1v) is 7.86. The van der Waals surface area contributed by atoms with E-state index in [0.29, 0.717) is 6.04 Å². The summed E-state index contributed by atoms with van der Waals surface area (Å²) in [7, 11) is 0. The van der Waals surface area contributed by atoms with Crippen LogP contribution in [0, 0.1) is 5.92 Å². The summed E-state index contributed by atoms with van der Waals surface area (Å²) in [6, 6.07) is 1.38. The zero-order valence-electron chi connectivity index (χ0n) is 12.5. The van der Waals surface area contributed by atoms with Gasteiger partial charge in [-0.15, -0.1) is 0 Å². The lowest BCUT2D eigenvalue weighted by Gasteiger charge is -2.42. The maximum absolute atomic E-state index is 3.63. The Morgan fingerprint density at radius 1 is 1.11 bits per heavy atom. The van der Waals surface area contributed by atoms with Crippen LogP contribution in [0.1, 0.15) is 40.0 Å². The molecule has 3 heteroatoms. The lowest BCUT2D eigenvalue weighted by Crippen LogP contribution is -2.58. The lowest BCUT2D eigenvalue weighted by atomic mass is 9.98. The van der Waals surface area contributed by atoms with E-state index >= 15 is 0 Å². The van der Waals surface area contributed by atoms with Gasteiger partial charge in [0.1, 0.15) is 0 Å². The summed E-state index contributed by atoms with van der Waals surface area (Å²) in [6.45, 7) is 14.6. The van der Waals surface area contributed by atoms with Crippen LogP contribution in [0.4, 0.5) is 0 Å². The minimum Gasteiger partial charge on any atom is -0.311 e. The maximum Gasteiger partial charge on any atom is 0.0244 e. The van der Waals surface area contributed by atoms with Crippen molar-refractivity contribution >= 4 is 0 Å². The Balaban J connectivity index is 1.80. The Labute approximate surface area is 113 Å². The summed E-state index contributed by atoms with van der Waals surface area (Å²) >= 11 is 0. The second-order valence-electron chi connectivity index (χ2n) is 6.52. The molecule has 0 saturated carbocycles. The van der Waals surface area contributed by atoms with Crippen LogP contribution in [0.15, 0.2) is 0 Å². The molecule has 2 rings (SSSR count). The van der Waals surface area contributed by atoms with E-state index in [4.69, 9.17) is 0 Å². The first-order chi connectivity index (χ1) is 8.66. The Bertz CT molecular complexity index is 236. The third kappa shape index (κ3) is 3.94. The molecule has 0 spiro atoms. The number of hydrogen-bond acceptors (Lipinski definition) is 3. The second-order valence-corrected chi connectivity index (χ2v) is 6.52. The number of piperidine rings is 1. The summed E-state index contributed by atoms with van der Waals surface area (Å²) in [5.74, 6) is 0.756. The molecular weight excluding hydrogens is 222 g/mol. The number of piperazine rings is 1. The van der Waals surface area contributed by atoms with Gasteiger partial charge in [0.25, 0.3) is 0 Å². The molecule has 0 aromatic rings. The van der Waals surface area contributed by atoms with Crippen molar-refractivity contribution in [2.45, 2.75) is 52.1 Å². The number of hydrogen-bond donors (Lipinski definition) is 1. The van der Waals surface area contributed by atoms with Gasteiger partial charge < -0.3 is 10.2 Å². The van der Waals surface area contributed by atoms with Crippen molar-refractivity contribution in [1.82, 2.24) is 15.1 Å². The number of nitrogens with zero attached hydrogens (tertiary/aromatic N) is 2. The van der Waals surface area contributed by atoms with Crippen molar-refractivity contribution < 1.29 is 0 Å². The van der Waals surface area contributed by atoms with Gasteiger partial charge in [-0.1, -0.05) is 20.3 Å². The van der Waals surface area contributed by atoms with E-state index in [2.05, 4.69) is 35.9 Å². The van der Waals surface area contributed by atoms with Crippen molar-refractivity contribution in [1.29, 1.82) is 0 Å². The molecule has 0 aliphatic carbocycles. The van der Waals surface area contributed by atoms with E-state index in [9.17, 15) is 0 Å². The van der Waals surface area contributed by atoms with Gasteiger partial charge in [-0.05, 0) is 38.8 Å². The van der Waals surface area contributed by atoms with Crippen LogP contribution in [0.25, 0.3) is 0 Å². The quantitative estimate of drug-likeness (QED) is 0.824. The predicted molar refractivity (Wildman–Crippen MR) is 78.0 cm³/mol. The van der Waals surface area contributed by atoms with Crippen LogP contribution in [-0.2, 0) is 0 Å². The third-order valence-corrected chi connectivity index (χ3v) is 4.57. The molecule has 2 saturated heterocycles. The van der Waals surface area contributed by atoms with Crippen molar-refractivity contribution in [2.24, 2.45) is 5.92 Å². The van der Waals surface area contributed by atoms with E-state index in [1.54, 1.807) is 0 Å². The zero-order valence-corrected chi connectivity index (χ0v) is 12.5. The number of nitrogens with one attached hydrogen (secondary N) is 1. The molecule has 2 aliphatic rings. The molecule has 2 heterocycles. The summed E-state index contributed by atoms with van der Waals surface area (Å²) < 4.78 is 0. The molecule has 0 aromatic heterocycles. The van der Waals surface area contributed by atoms with E-state index in [1.807, 2.05) is 0 Å². The van der Waals surface area contributed by atoms with Crippen molar-refractivity contribution in [3.8, 4) is 0 Å². The minimum atomic E-state index is 0.654. The Morgan fingerprint density at radius 2 is 1.83 bits per heavy atom. The molecular formula is C15H31N3. The molecule has 106 valence electrons. The largest absolute Gasteiger partial charge is 0.311 e. The fourth-order valence-corrected chi connectivity index (χ4v) is 3.37. The number of rotatable bonds is 4. The van der Waals surface area contributed by atoms with Gasteiger partial charge in [0.05, 0.1) is 0 Å². The Kier molecular flexibility index (Phi) is 5.46. The highest BCUT2D eigenvalue weighted by Crippen LogP contribution is 2.16. The Morgan fingerprint density at radius 3 is 2.50 bits per heavy atom. The lowest BCUT2D eigenvalue weighted by molar-refractivity contribution is 0.0849. The van der Waals surface area contributed by atoms with Gasteiger partial charge in [-0.2, -0.15) is 0 Å². The van der Waals surface area contributed by atoms with Gasteiger partial charge in [-0.3, -0.25) is 4.90 Å². The molecule has 3 nitrogen and oxygen atoms in total. The first kappa shape index (κ1) is 14.3. The van der Waals surface area contributed by atoms with E-state index in [-0.39, 0.29) is 0 Å². The van der Waals surface area contributed by atoms with E-state index in [0.717, 1.165) is 12.0 Å². The summed E-state index contributed by atoms with van der Waals surface area (Å²) in [5, 5.41) is 3.63. The van der Waals surface area contributed by atoms with Crippen LogP contribution in [0.5, 0.6) is 0 Å². The van der Waals surface area contributed by atoms with Crippen LogP contribution >= 0.6 is 0 Å². The van der Waals surface area contributed by atoms with Gasteiger partial charge in [0, 0.05) is 38.3 Å². The van der Waals surface area contributed by atoms with Gasteiger partial charge in [0.15, 0.2) is 0 Å². The second kappa shape index (κ2) is 6.88. The topological polar surface area (TPSA) is 18.5 Å². The van der Waals surface area contributed by atoms with E-state index < -0.39 is 0 Å². The average Bonchev–Trinajstić information content (AvgIpc) is 2.37. The monoisotopic (exact) mass is 253 g/mol. The van der Waals surface area contributed by atoms with Crippen LogP contribution < -0.4 is 5.32 Å². The average molecular weight is 253 g/mol. The van der Waals surface area contributed by atoms with Crippen LogP contribution in [0.2, 0.25) is 0 Å². The van der Waals surface area contributed by atoms with Crippen molar-refractivity contribution in [3.63, 3.8) is 0 Å². The predicted octanol–water partition coefficient (Wildman–Crippen LogP) is 1.79. The fraction of sp³-hybridized carbons (Fsp3) is 1.00. The molecule has 2 aliphatic heterocycles. The standard InChI is InChI=1S/C15H31N3/c1-13(2)15-11-16-14(3)12-18(15)10-9-17-7-5-4-6-8-17/h13-16H,4-12H2,1-3H3. The molecule has 2 unspecified atom stereocenters. The third-order valence-electron chi connectivity index (χ3n) is 4.57. The van der Waals surface area contributed by atoms with Gasteiger partial charge in [-0.25, -0.2) is 0 Å². The minimum absolute atomic E-state index is 0.654. The normalized spacial score (nSPS) is 32.0. The van der Waals surface area contributed by atoms with E-state index in [1.165, 1.54) is 58.5 Å². The summed E-state index contributed by atoms with van der Waals surface area (Å²) in [5.41, 5.74) is 0. The molecule has 1 N–H and O–H groups in total. The number of likely N-dealkylation sites (tertiary alicyclic amines) is 1. The van der Waals surface area contributed by atoms with Crippen LogP contribution in [-0.4, -0.2) is 61.2 Å². The van der Waals surface area contributed by atoms with Crippen molar-refractivity contribution in [3.05, 3.63) is 0 Å². The molecule has 0 aromatic carbocycles. The van der Waals surface area contributed by atoms with Gasteiger partial charge in [0.2, 0.25) is 0 Å². The molecule has 0 amide bonds. The molecule has 2 atom stereocenters. The zero-order chi connectivity index (χ0) is 13.0. The summed E-state index contributed by atoms with van der Waals surface area (Å²) in [6.07, 6.45) is 4.26. The van der Waals surface area contributed by atoms with Crippen LogP contribution in [0.3, 0.4) is 0 Å². The SMILES string of the molecule is CC1CN(CCN2CCCCC2)C(C(C)C)CN1. The molecule has 18 heavy (non-hydrogen) atoms. The Hall–Kier alpha value is -0.120.